The summed E-state index contributed by atoms with van der Waals surface area (Å²) in [6.07, 6.45) is 19.6. The van der Waals surface area contributed by atoms with Gasteiger partial charge in [-0.15, -0.1) is 0 Å². The predicted octanol–water partition coefficient (Wildman–Crippen LogP) is 6.71. The number of benzene rings is 1. The molecule has 1 aromatic rings. The van der Waals surface area contributed by atoms with E-state index in [4.69, 9.17) is 0 Å². The van der Waals surface area contributed by atoms with Gasteiger partial charge in [0.25, 0.3) is 0 Å². The molecule has 2 unspecified atom stereocenters. The Labute approximate surface area is 154 Å². The van der Waals surface area contributed by atoms with Crippen molar-refractivity contribution < 1.29 is 0 Å². The second kappa shape index (κ2) is 10.4. The molecule has 0 amide bonds. The Morgan fingerprint density at radius 1 is 1.00 bits per heavy atom. The molecular weight excluding hydrogens is 302 g/mol. The normalized spacial score (nSPS) is 24.5. The fourth-order valence-electron chi connectivity index (χ4n) is 3.65. The maximum absolute atomic E-state index is 3.73. The number of allylic oxidation sites excluding steroid dienone is 4. The number of hydrogen-bond donors (Lipinski definition) is 1. The third-order valence-electron chi connectivity index (χ3n) is 5.07. The van der Waals surface area contributed by atoms with E-state index < -0.39 is 0 Å². The fraction of sp³-hybridized carbons (Fsp3) is 0.500. The number of hydrogen-bond acceptors (Lipinski definition) is 1. The standard InChI is InChI=1S/C24H35N/c1-5-11-21-17-23-15-10-14-19(3)13-8-7-9-16-25-20(4)24(23)18-22(21)12-6-2/h5-6,8,11-13,17-20,25H,7,9-10,14-16H2,1-4H3/b11-5-,12-6+,13-8-. The summed E-state index contributed by atoms with van der Waals surface area (Å²) in [4.78, 5) is 0. The summed E-state index contributed by atoms with van der Waals surface area (Å²) in [5.41, 5.74) is 5.65. The van der Waals surface area contributed by atoms with Gasteiger partial charge in [0.15, 0.2) is 0 Å². The van der Waals surface area contributed by atoms with Crippen molar-refractivity contribution in [1.29, 1.82) is 0 Å². The second-order valence-corrected chi connectivity index (χ2v) is 7.30. The minimum absolute atomic E-state index is 0.404. The summed E-state index contributed by atoms with van der Waals surface area (Å²) in [6.45, 7) is 9.93. The lowest BCUT2D eigenvalue weighted by molar-refractivity contribution is 0.555. The summed E-state index contributed by atoms with van der Waals surface area (Å²) in [5.74, 6) is 0.687. The van der Waals surface area contributed by atoms with Crippen LogP contribution in [0, 0.1) is 5.92 Å². The van der Waals surface area contributed by atoms with Crippen LogP contribution in [-0.2, 0) is 6.42 Å². The van der Waals surface area contributed by atoms with Crippen molar-refractivity contribution in [1.82, 2.24) is 5.32 Å². The van der Waals surface area contributed by atoms with Crippen LogP contribution < -0.4 is 5.32 Å². The number of fused-ring (bicyclic) bond motifs is 1. The Balaban J connectivity index is 2.38. The van der Waals surface area contributed by atoms with Crippen LogP contribution in [0.1, 0.15) is 81.7 Å². The molecule has 1 heteroatoms. The van der Waals surface area contributed by atoms with Crippen LogP contribution in [-0.4, -0.2) is 6.54 Å². The van der Waals surface area contributed by atoms with E-state index in [1.165, 1.54) is 54.4 Å². The number of aryl methyl sites for hydroxylation is 1. The van der Waals surface area contributed by atoms with Crippen molar-refractivity contribution in [2.45, 2.75) is 65.8 Å². The molecule has 1 heterocycles. The van der Waals surface area contributed by atoms with Gasteiger partial charge in [0.05, 0.1) is 0 Å². The van der Waals surface area contributed by atoms with Crippen LogP contribution in [0.25, 0.3) is 12.2 Å². The van der Waals surface area contributed by atoms with Crippen LogP contribution in [0.3, 0.4) is 0 Å². The molecule has 2 atom stereocenters. The number of rotatable bonds is 2. The molecule has 0 fully saturated rings. The Hall–Kier alpha value is -1.60. The molecule has 1 aliphatic heterocycles. The summed E-state index contributed by atoms with van der Waals surface area (Å²) in [6, 6.07) is 5.23. The molecule has 1 aliphatic rings. The fourth-order valence-corrected chi connectivity index (χ4v) is 3.65. The minimum Gasteiger partial charge on any atom is -0.310 e. The van der Waals surface area contributed by atoms with Gasteiger partial charge in [0.1, 0.15) is 0 Å². The zero-order valence-electron chi connectivity index (χ0n) is 16.5. The molecular formula is C24H35N. The lowest BCUT2D eigenvalue weighted by Crippen LogP contribution is -2.21. The van der Waals surface area contributed by atoms with E-state index in [1.54, 1.807) is 0 Å². The molecule has 0 aromatic heterocycles. The van der Waals surface area contributed by atoms with Gasteiger partial charge in [-0.2, -0.15) is 0 Å². The Kier molecular flexibility index (Phi) is 8.21. The van der Waals surface area contributed by atoms with E-state index in [0.717, 1.165) is 6.54 Å². The van der Waals surface area contributed by atoms with Crippen molar-refractivity contribution in [3.05, 3.63) is 58.7 Å². The number of nitrogens with one attached hydrogen (secondary N) is 1. The molecule has 2 rings (SSSR count). The highest BCUT2D eigenvalue weighted by Crippen LogP contribution is 2.27. The second-order valence-electron chi connectivity index (χ2n) is 7.30. The highest BCUT2D eigenvalue weighted by atomic mass is 14.9. The Morgan fingerprint density at radius 3 is 2.44 bits per heavy atom. The monoisotopic (exact) mass is 337 g/mol. The van der Waals surface area contributed by atoms with Gasteiger partial charge in [-0.05, 0) is 93.7 Å². The van der Waals surface area contributed by atoms with Crippen molar-refractivity contribution in [2.75, 3.05) is 6.54 Å². The molecule has 1 N–H and O–H groups in total. The van der Waals surface area contributed by atoms with Crippen LogP contribution >= 0.6 is 0 Å². The topological polar surface area (TPSA) is 12.0 Å². The maximum atomic E-state index is 3.73. The molecule has 1 aromatic carbocycles. The predicted molar refractivity (Wildman–Crippen MR) is 113 cm³/mol. The van der Waals surface area contributed by atoms with Gasteiger partial charge >= 0.3 is 0 Å². The van der Waals surface area contributed by atoms with Gasteiger partial charge in [0, 0.05) is 6.04 Å². The van der Waals surface area contributed by atoms with Gasteiger partial charge in [0.2, 0.25) is 0 Å². The quantitative estimate of drug-likeness (QED) is 0.591. The molecule has 0 spiro atoms. The van der Waals surface area contributed by atoms with Crippen molar-refractivity contribution in [3.8, 4) is 0 Å². The van der Waals surface area contributed by atoms with Crippen molar-refractivity contribution in [3.63, 3.8) is 0 Å². The molecule has 0 radical (unpaired) electrons. The van der Waals surface area contributed by atoms with E-state index in [-0.39, 0.29) is 0 Å². The van der Waals surface area contributed by atoms with Gasteiger partial charge in [-0.3, -0.25) is 0 Å². The first-order valence-corrected chi connectivity index (χ1v) is 9.98. The zero-order valence-corrected chi connectivity index (χ0v) is 16.5. The van der Waals surface area contributed by atoms with Crippen LogP contribution in [0.5, 0.6) is 0 Å². The van der Waals surface area contributed by atoms with Crippen LogP contribution in [0.15, 0.2) is 36.4 Å². The summed E-state index contributed by atoms with van der Waals surface area (Å²) in [7, 11) is 0. The Bertz CT molecular complexity index is 621. The molecule has 0 saturated carbocycles. The third kappa shape index (κ3) is 6.01. The molecule has 0 aliphatic carbocycles. The van der Waals surface area contributed by atoms with Crippen LogP contribution in [0.4, 0.5) is 0 Å². The lowest BCUT2D eigenvalue weighted by Gasteiger charge is -2.20. The third-order valence-corrected chi connectivity index (χ3v) is 5.07. The molecule has 0 bridgehead atoms. The van der Waals surface area contributed by atoms with E-state index in [1.807, 2.05) is 0 Å². The maximum Gasteiger partial charge on any atom is 0.0294 e. The highest BCUT2D eigenvalue weighted by Gasteiger charge is 2.14. The highest BCUT2D eigenvalue weighted by molar-refractivity contribution is 5.67. The average molecular weight is 338 g/mol. The molecule has 0 saturated heterocycles. The molecule has 1 nitrogen and oxygen atoms in total. The average Bonchev–Trinajstić information content (AvgIpc) is 2.60. The van der Waals surface area contributed by atoms with Gasteiger partial charge < -0.3 is 5.32 Å². The van der Waals surface area contributed by atoms with Gasteiger partial charge in [-0.25, -0.2) is 0 Å². The van der Waals surface area contributed by atoms with Crippen molar-refractivity contribution in [2.24, 2.45) is 5.92 Å². The van der Waals surface area contributed by atoms with E-state index in [0.29, 0.717) is 12.0 Å². The first-order valence-electron chi connectivity index (χ1n) is 9.98. The van der Waals surface area contributed by atoms with E-state index >= 15 is 0 Å². The largest absolute Gasteiger partial charge is 0.310 e. The lowest BCUT2D eigenvalue weighted by atomic mass is 9.90. The summed E-state index contributed by atoms with van der Waals surface area (Å²) in [5, 5.41) is 3.73. The summed E-state index contributed by atoms with van der Waals surface area (Å²) < 4.78 is 0. The van der Waals surface area contributed by atoms with Crippen LogP contribution in [0.2, 0.25) is 0 Å². The summed E-state index contributed by atoms with van der Waals surface area (Å²) >= 11 is 0. The molecule has 136 valence electrons. The smallest absolute Gasteiger partial charge is 0.0294 e. The minimum atomic E-state index is 0.404. The van der Waals surface area contributed by atoms with E-state index in [2.05, 4.69) is 81.6 Å². The zero-order chi connectivity index (χ0) is 18.1. The SMILES string of the molecule is C/C=C\c1cc2c(cc1/C=C/C)C(C)NCCC/C=C\C(C)CCC2. The van der Waals surface area contributed by atoms with E-state index in [9.17, 15) is 0 Å². The first-order chi connectivity index (χ1) is 12.2. The molecule has 25 heavy (non-hydrogen) atoms. The van der Waals surface area contributed by atoms with Gasteiger partial charge in [-0.1, -0.05) is 49.4 Å². The first kappa shape index (κ1) is 19.7. The van der Waals surface area contributed by atoms with Crippen molar-refractivity contribution >= 4 is 12.2 Å². The Morgan fingerprint density at radius 2 is 1.72 bits per heavy atom.